The Morgan fingerprint density at radius 1 is 1.38 bits per heavy atom. The number of ketones is 1. The molecule has 1 atom stereocenters. The molecule has 0 aliphatic rings. The lowest BCUT2D eigenvalue weighted by Crippen LogP contribution is -2.19. The number of Topliss-reactive ketones (excluding diaryl/α,β-unsaturated/α-hetero) is 1. The van der Waals surface area contributed by atoms with Gasteiger partial charge in [-0.2, -0.15) is 5.26 Å². The zero-order valence-electron chi connectivity index (χ0n) is 11.8. The highest BCUT2D eigenvalue weighted by molar-refractivity contribution is 14.1. The monoisotopic (exact) mass is 400 g/mol. The molecule has 1 aromatic rings. The van der Waals surface area contributed by atoms with Crippen LogP contribution in [0.25, 0.3) is 0 Å². The summed E-state index contributed by atoms with van der Waals surface area (Å²) >= 11 is 2.29. The number of benzene rings is 1. The molecule has 1 unspecified atom stereocenters. The summed E-state index contributed by atoms with van der Waals surface area (Å²) in [5.74, 6) is -0.792. The Kier molecular flexibility index (Phi) is 7.75. The predicted octanol–water partition coefficient (Wildman–Crippen LogP) is 2.95. The second kappa shape index (κ2) is 9.34. The van der Waals surface area contributed by atoms with Crippen molar-refractivity contribution in [3.05, 3.63) is 24.3 Å². The topological polar surface area (TPSA) is 79.2 Å². The fraction of sp³-hybridized carbons (Fsp3) is 0.400. The first kappa shape index (κ1) is 17.4. The minimum atomic E-state index is -0.888. The third kappa shape index (κ3) is 6.58. The van der Waals surface area contributed by atoms with Gasteiger partial charge in [0.2, 0.25) is 5.91 Å². The van der Waals surface area contributed by atoms with E-state index in [0.717, 1.165) is 16.6 Å². The Morgan fingerprint density at radius 3 is 2.57 bits per heavy atom. The zero-order valence-corrected chi connectivity index (χ0v) is 13.9. The Balaban J connectivity index is 2.50. The van der Waals surface area contributed by atoms with E-state index in [1.807, 2.05) is 6.07 Å². The number of hydrogen-bond donors (Lipinski definition) is 1. The Labute approximate surface area is 137 Å². The van der Waals surface area contributed by atoms with Crippen LogP contribution in [0.5, 0.6) is 5.75 Å². The van der Waals surface area contributed by atoms with E-state index in [1.165, 1.54) is 6.92 Å². The van der Waals surface area contributed by atoms with Gasteiger partial charge < -0.3 is 10.1 Å². The fourth-order valence-electron chi connectivity index (χ4n) is 1.56. The van der Waals surface area contributed by atoms with Gasteiger partial charge in [-0.25, -0.2) is 0 Å². The number of nitrogens with one attached hydrogen (secondary N) is 1. The van der Waals surface area contributed by atoms with E-state index in [0.29, 0.717) is 12.3 Å². The maximum atomic E-state index is 11.7. The largest absolute Gasteiger partial charge is 0.494 e. The van der Waals surface area contributed by atoms with Crippen LogP contribution < -0.4 is 10.1 Å². The highest BCUT2D eigenvalue weighted by Gasteiger charge is 2.17. The molecule has 112 valence electrons. The van der Waals surface area contributed by atoms with Crippen LogP contribution in [0, 0.1) is 17.2 Å². The van der Waals surface area contributed by atoms with Crippen molar-refractivity contribution in [3.8, 4) is 11.8 Å². The van der Waals surface area contributed by atoms with Crippen LogP contribution in [0.3, 0.4) is 0 Å². The summed E-state index contributed by atoms with van der Waals surface area (Å²) in [7, 11) is 0. The van der Waals surface area contributed by atoms with Crippen LogP contribution in [0.1, 0.15) is 19.8 Å². The van der Waals surface area contributed by atoms with Gasteiger partial charge in [-0.1, -0.05) is 22.6 Å². The molecule has 21 heavy (non-hydrogen) atoms. The van der Waals surface area contributed by atoms with Crippen LogP contribution in [-0.2, 0) is 9.59 Å². The zero-order chi connectivity index (χ0) is 15.7. The van der Waals surface area contributed by atoms with E-state index in [1.54, 1.807) is 24.3 Å². The van der Waals surface area contributed by atoms with Crippen molar-refractivity contribution in [2.24, 2.45) is 5.92 Å². The number of alkyl halides is 1. The molecule has 0 aromatic heterocycles. The van der Waals surface area contributed by atoms with Gasteiger partial charge in [-0.05, 0) is 37.6 Å². The standard InChI is InChI=1S/C15H17IN2O3/c1-11(19)12(10-17)9-15(20)18-13-3-5-14(6-4-13)21-8-2-7-16/h3-6,12H,2,7-9H2,1H3,(H,18,20). The number of carbonyl (C=O) groups excluding carboxylic acids is 2. The van der Waals surface area contributed by atoms with E-state index in [-0.39, 0.29) is 18.1 Å². The lowest BCUT2D eigenvalue weighted by atomic mass is 10.0. The number of rotatable bonds is 8. The SMILES string of the molecule is CC(=O)C(C#N)CC(=O)Nc1ccc(OCCCI)cc1. The van der Waals surface area contributed by atoms with Crippen molar-refractivity contribution in [3.63, 3.8) is 0 Å². The summed E-state index contributed by atoms with van der Waals surface area (Å²) in [6.07, 6.45) is 0.861. The first-order chi connectivity index (χ1) is 10.1. The number of amides is 1. The van der Waals surface area contributed by atoms with Crippen LogP contribution in [-0.4, -0.2) is 22.7 Å². The first-order valence-corrected chi connectivity index (χ1v) is 8.08. The van der Waals surface area contributed by atoms with Crippen LogP contribution in [0.4, 0.5) is 5.69 Å². The van der Waals surface area contributed by atoms with Crippen molar-refractivity contribution in [1.82, 2.24) is 0 Å². The van der Waals surface area contributed by atoms with Gasteiger partial charge in [0.25, 0.3) is 0 Å². The highest BCUT2D eigenvalue weighted by Crippen LogP contribution is 2.16. The summed E-state index contributed by atoms with van der Waals surface area (Å²) in [5, 5.41) is 11.4. The normalized spacial score (nSPS) is 11.3. The van der Waals surface area contributed by atoms with E-state index in [2.05, 4.69) is 27.9 Å². The molecule has 1 rings (SSSR count). The second-order valence-electron chi connectivity index (χ2n) is 4.46. The lowest BCUT2D eigenvalue weighted by molar-refractivity contribution is -0.123. The molecule has 0 aliphatic heterocycles. The first-order valence-electron chi connectivity index (χ1n) is 6.55. The molecule has 1 N–H and O–H groups in total. The van der Waals surface area contributed by atoms with Crippen molar-refractivity contribution in [2.75, 3.05) is 16.4 Å². The van der Waals surface area contributed by atoms with Gasteiger partial charge >= 0.3 is 0 Å². The minimum absolute atomic E-state index is 0.125. The van der Waals surface area contributed by atoms with Gasteiger partial charge in [-0.15, -0.1) is 0 Å². The molecule has 0 bridgehead atoms. The van der Waals surface area contributed by atoms with E-state index in [9.17, 15) is 9.59 Å². The quantitative estimate of drug-likeness (QED) is 0.414. The van der Waals surface area contributed by atoms with Crippen molar-refractivity contribution in [1.29, 1.82) is 5.26 Å². The summed E-state index contributed by atoms with van der Waals surface area (Å²) in [6, 6.07) is 8.83. The molecular formula is C15H17IN2O3. The number of ether oxygens (including phenoxy) is 1. The minimum Gasteiger partial charge on any atom is -0.494 e. The Morgan fingerprint density at radius 2 is 2.05 bits per heavy atom. The summed E-state index contributed by atoms with van der Waals surface area (Å²) < 4.78 is 6.56. The van der Waals surface area contributed by atoms with E-state index >= 15 is 0 Å². The molecular weight excluding hydrogens is 383 g/mol. The summed E-state index contributed by atoms with van der Waals surface area (Å²) in [4.78, 5) is 22.8. The molecule has 0 aliphatic carbocycles. The van der Waals surface area contributed by atoms with Crippen LogP contribution >= 0.6 is 22.6 Å². The van der Waals surface area contributed by atoms with Crippen molar-refractivity contribution in [2.45, 2.75) is 19.8 Å². The van der Waals surface area contributed by atoms with Crippen molar-refractivity contribution >= 4 is 40.0 Å². The van der Waals surface area contributed by atoms with E-state index < -0.39 is 5.92 Å². The molecule has 6 heteroatoms. The Hall–Kier alpha value is -1.62. The molecule has 0 heterocycles. The number of nitriles is 1. The molecule has 0 fully saturated rings. The average Bonchev–Trinajstić information content (AvgIpc) is 2.46. The highest BCUT2D eigenvalue weighted by atomic mass is 127. The van der Waals surface area contributed by atoms with Crippen LogP contribution in [0.15, 0.2) is 24.3 Å². The molecule has 0 radical (unpaired) electrons. The van der Waals surface area contributed by atoms with Crippen molar-refractivity contribution < 1.29 is 14.3 Å². The molecule has 0 saturated heterocycles. The summed E-state index contributed by atoms with van der Waals surface area (Å²) in [6.45, 7) is 1.97. The molecule has 1 aromatic carbocycles. The van der Waals surface area contributed by atoms with Gasteiger partial charge in [0, 0.05) is 16.5 Å². The maximum absolute atomic E-state index is 11.7. The average molecular weight is 400 g/mol. The number of anilines is 1. The molecule has 1 amide bonds. The van der Waals surface area contributed by atoms with Gasteiger partial charge in [0.1, 0.15) is 17.5 Å². The van der Waals surface area contributed by atoms with E-state index in [4.69, 9.17) is 10.00 Å². The smallest absolute Gasteiger partial charge is 0.226 e. The number of nitrogens with zero attached hydrogens (tertiary/aromatic N) is 1. The number of hydrogen-bond acceptors (Lipinski definition) is 4. The molecule has 5 nitrogen and oxygen atoms in total. The molecule has 0 saturated carbocycles. The number of carbonyl (C=O) groups is 2. The Bertz CT molecular complexity index is 523. The van der Waals surface area contributed by atoms with Gasteiger partial charge in [-0.3, -0.25) is 9.59 Å². The third-order valence-electron chi connectivity index (χ3n) is 2.72. The second-order valence-corrected chi connectivity index (χ2v) is 5.54. The predicted molar refractivity (Wildman–Crippen MR) is 88.5 cm³/mol. The lowest BCUT2D eigenvalue weighted by Gasteiger charge is -2.09. The number of halogens is 1. The maximum Gasteiger partial charge on any atom is 0.226 e. The van der Waals surface area contributed by atoms with Gasteiger partial charge in [0.05, 0.1) is 12.7 Å². The fourth-order valence-corrected chi connectivity index (χ4v) is 1.87. The summed E-state index contributed by atoms with van der Waals surface area (Å²) in [5.41, 5.74) is 0.612. The third-order valence-corrected chi connectivity index (χ3v) is 3.48. The molecule has 0 spiro atoms. The van der Waals surface area contributed by atoms with Crippen LogP contribution in [0.2, 0.25) is 0 Å². The van der Waals surface area contributed by atoms with Gasteiger partial charge in [0.15, 0.2) is 0 Å².